The van der Waals surface area contributed by atoms with Crippen LogP contribution in [0.5, 0.6) is 0 Å². The third-order valence-corrected chi connectivity index (χ3v) is 3.38. The highest BCUT2D eigenvalue weighted by Crippen LogP contribution is 2.22. The Kier molecular flexibility index (Phi) is 6.17. The van der Waals surface area contributed by atoms with E-state index in [-0.39, 0.29) is 23.1 Å². The van der Waals surface area contributed by atoms with Crippen molar-refractivity contribution < 1.29 is 13.6 Å². The van der Waals surface area contributed by atoms with Crippen LogP contribution in [0.3, 0.4) is 0 Å². The van der Waals surface area contributed by atoms with Crippen molar-refractivity contribution in [2.24, 2.45) is 0 Å². The Morgan fingerprint density at radius 3 is 2.33 bits per heavy atom. The van der Waals surface area contributed by atoms with Crippen LogP contribution in [0.2, 0.25) is 0 Å². The van der Waals surface area contributed by atoms with E-state index in [0.717, 1.165) is 25.0 Å². The lowest BCUT2D eigenvalue weighted by atomic mass is 10.2. The smallest absolute Gasteiger partial charge is 0.272 e. The normalized spacial score (nSPS) is 10.5. The maximum absolute atomic E-state index is 13.7. The molecule has 0 fully saturated rings. The van der Waals surface area contributed by atoms with E-state index in [1.165, 1.54) is 18.5 Å². The molecule has 5 nitrogen and oxygen atoms in total. The van der Waals surface area contributed by atoms with Crippen LogP contribution < -0.4 is 5.32 Å². The lowest BCUT2D eigenvalue weighted by molar-refractivity contribution is 0.0749. The monoisotopic (exact) mass is 334 g/mol. The van der Waals surface area contributed by atoms with Gasteiger partial charge in [-0.25, -0.2) is 18.7 Å². The van der Waals surface area contributed by atoms with Gasteiger partial charge >= 0.3 is 0 Å². The van der Waals surface area contributed by atoms with Crippen LogP contribution in [0.1, 0.15) is 37.2 Å². The predicted molar refractivity (Wildman–Crippen MR) is 88.2 cm³/mol. The van der Waals surface area contributed by atoms with E-state index in [0.29, 0.717) is 13.1 Å². The van der Waals surface area contributed by atoms with Gasteiger partial charge in [0.2, 0.25) is 0 Å². The molecule has 0 aliphatic heterocycles. The summed E-state index contributed by atoms with van der Waals surface area (Å²) in [5.41, 5.74) is -0.125. The van der Waals surface area contributed by atoms with Gasteiger partial charge in [0, 0.05) is 19.2 Å². The molecule has 1 heterocycles. The van der Waals surface area contributed by atoms with Gasteiger partial charge in [-0.15, -0.1) is 0 Å². The summed E-state index contributed by atoms with van der Waals surface area (Å²) in [6.07, 6.45) is 2.87. The summed E-state index contributed by atoms with van der Waals surface area (Å²) >= 11 is 0. The van der Waals surface area contributed by atoms with Crippen LogP contribution in [-0.2, 0) is 0 Å². The van der Waals surface area contributed by atoms with Crippen LogP contribution in [0.15, 0.2) is 30.6 Å². The second-order valence-electron chi connectivity index (χ2n) is 5.30. The fourth-order valence-electron chi connectivity index (χ4n) is 2.30. The summed E-state index contributed by atoms with van der Waals surface area (Å²) in [6.45, 7) is 5.23. The molecule has 0 radical (unpaired) electrons. The first-order valence-electron chi connectivity index (χ1n) is 7.89. The number of hydrogen-bond acceptors (Lipinski definition) is 4. The van der Waals surface area contributed by atoms with Crippen molar-refractivity contribution in [3.05, 3.63) is 47.9 Å². The number of nitrogens with zero attached hydrogens (tertiary/aromatic N) is 3. The van der Waals surface area contributed by atoms with Gasteiger partial charge in [-0.05, 0) is 25.0 Å². The Labute approximate surface area is 139 Å². The Bertz CT molecular complexity index is 682. The maximum atomic E-state index is 13.7. The van der Waals surface area contributed by atoms with E-state index in [9.17, 15) is 13.6 Å². The summed E-state index contributed by atoms with van der Waals surface area (Å²) < 4.78 is 27.4. The van der Waals surface area contributed by atoms with Gasteiger partial charge in [-0.1, -0.05) is 19.9 Å². The molecule has 0 aliphatic carbocycles. The standard InChI is InChI=1S/C17H20F2N4O/c1-3-8-23(9-4-2)17(24)14-10-15(21-11-20-14)22-16-12(18)6-5-7-13(16)19/h5-7,10-11H,3-4,8-9H2,1-2H3,(H,20,21,22). The first kappa shape index (κ1) is 17.8. The third-order valence-electron chi connectivity index (χ3n) is 3.38. The number of anilines is 2. The van der Waals surface area contributed by atoms with Crippen molar-refractivity contribution in [2.75, 3.05) is 18.4 Å². The van der Waals surface area contributed by atoms with Crippen molar-refractivity contribution in [1.82, 2.24) is 14.9 Å². The molecule has 1 aromatic heterocycles. The molecule has 0 bridgehead atoms. The minimum atomic E-state index is -0.736. The first-order valence-corrected chi connectivity index (χ1v) is 7.89. The first-order chi connectivity index (χ1) is 11.6. The highest BCUT2D eigenvalue weighted by Gasteiger charge is 2.17. The fourth-order valence-corrected chi connectivity index (χ4v) is 2.30. The molecule has 128 valence electrons. The summed E-state index contributed by atoms with van der Waals surface area (Å²) in [5.74, 6) is -1.54. The van der Waals surface area contributed by atoms with Crippen molar-refractivity contribution in [2.45, 2.75) is 26.7 Å². The largest absolute Gasteiger partial charge is 0.337 e. The molecule has 1 amide bonds. The topological polar surface area (TPSA) is 58.1 Å². The minimum absolute atomic E-state index is 0.158. The SMILES string of the molecule is CCCN(CCC)C(=O)c1cc(Nc2c(F)cccc2F)ncn1. The van der Waals surface area contributed by atoms with Crippen LogP contribution in [0, 0.1) is 11.6 Å². The Morgan fingerprint density at radius 2 is 1.75 bits per heavy atom. The predicted octanol–water partition coefficient (Wildman–Crippen LogP) is 3.76. The second-order valence-corrected chi connectivity index (χ2v) is 5.30. The third kappa shape index (κ3) is 4.24. The van der Waals surface area contributed by atoms with Crippen LogP contribution >= 0.6 is 0 Å². The Morgan fingerprint density at radius 1 is 1.12 bits per heavy atom. The molecule has 7 heteroatoms. The van der Waals surface area contributed by atoms with E-state index < -0.39 is 11.6 Å². The highest BCUT2D eigenvalue weighted by molar-refractivity contribution is 5.93. The number of carbonyl (C=O) groups is 1. The molecule has 0 atom stereocenters. The molecule has 2 aromatic rings. The Hall–Kier alpha value is -2.57. The molecular formula is C17H20F2N4O. The molecule has 0 aliphatic rings. The van der Waals surface area contributed by atoms with Gasteiger partial charge in [0.05, 0.1) is 0 Å². The fraction of sp³-hybridized carbons (Fsp3) is 0.353. The zero-order valence-corrected chi connectivity index (χ0v) is 13.7. The average Bonchev–Trinajstić information content (AvgIpc) is 2.58. The van der Waals surface area contributed by atoms with Crippen LogP contribution in [0.25, 0.3) is 0 Å². The highest BCUT2D eigenvalue weighted by atomic mass is 19.1. The average molecular weight is 334 g/mol. The number of amides is 1. The summed E-state index contributed by atoms with van der Waals surface area (Å²) in [5, 5.41) is 2.57. The molecule has 0 unspecified atom stereocenters. The van der Waals surface area contributed by atoms with Gasteiger partial charge in [0.1, 0.15) is 35.2 Å². The summed E-state index contributed by atoms with van der Waals surface area (Å²) in [6, 6.07) is 4.95. The van der Waals surface area contributed by atoms with Crippen LogP contribution in [-0.4, -0.2) is 33.9 Å². The lowest BCUT2D eigenvalue weighted by Crippen LogP contribution is -2.33. The summed E-state index contributed by atoms with van der Waals surface area (Å²) in [4.78, 5) is 22.1. The quantitative estimate of drug-likeness (QED) is 0.837. The second kappa shape index (κ2) is 8.33. The van der Waals surface area contributed by atoms with Gasteiger partial charge < -0.3 is 10.2 Å². The van der Waals surface area contributed by atoms with E-state index in [1.54, 1.807) is 4.90 Å². The van der Waals surface area contributed by atoms with Gasteiger partial charge in [0.15, 0.2) is 0 Å². The molecule has 24 heavy (non-hydrogen) atoms. The van der Waals surface area contributed by atoms with Crippen molar-refractivity contribution in [3.8, 4) is 0 Å². The van der Waals surface area contributed by atoms with E-state index in [2.05, 4.69) is 15.3 Å². The van der Waals surface area contributed by atoms with E-state index in [4.69, 9.17) is 0 Å². The number of nitrogens with one attached hydrogen (secondary N) is 1. The van der Waals surface area contributed by atoms with Gasteiger partial charge in [0.25, 0.3) is 5.91 Å². The van der Waals surface area contributed by atoms with E-state index in [1.807, 2.05) is 13.8 Å². The number of aromatic nitrogens is 2. The van der Waals surface area contributed by atoms with Crippen LogP contribution in [0.4, 0.5) is 20.3 Å². The summed E-state index contributed by atoms with van der Waals surface area (Å²) in [7, 11) is 0. The lowest BCUT2D eigenvalue weighted by Gasteiger charge is -2.21. The number of carbonyl (C=O) groups excluding carboxylic acids is 1. The number of rotatable bonds is 7. The molecule has 2 rings (SSSR count). The molecule has 1 N–H and O–H groups in total. The minimum Gasteiger partial charge on any atom is -0.337 e. The number of hydrogen-bond donors (Lipinski definition) is 1. The number of para-hydroxylation sites is 1. The van der Waals surface area contributed by atoms with Gasteiger partial charge in [-0.2, -0.15) is 0 Å². The molecule has 0 saturated heterocycles. The van der Waals surface area contributed by atoms with Gasteiger partial charge in [-0.3, -0.25) is 4.79 Å². The Balaban J connectivity index is 2.23. The van der Waals surface area contributed by atoms with Crippen molar-refractivity contribution >= 4 is 17.4 Å². The molecular weight excluding hydrogens is 314 g/mol. The van der Waals surface area contributed by atoms with E-state index >= 15 is 0 Å². The maximum Gasteiger partial charge on any atom is 0.272 e. The number of benzene rings is 1. The van der Waals surface area contributed by atoms with Crippen molar-refractivity contribution in [1.29, 1.82) is 0 Å². The zero-order valence-electron chi connectivity index (χ0n) is 13.7. The van der Waals surface area contributed by atoms with Crippen molar-refractivity contribution in [3.63, 3.8) is 0 Å². The molecule has 0 saturated carbocycles. The molecule has 0 spiro atoms. The zero-order chi connectivity index (χ0) is 17.5. The molecule has 1 aromatic carbocycles. The number of halogens is 2.